The second-order valence-corrected chi connectivity index (χ2v) is 12.1. The molecule has 4 nitrogen and oxygen atoms in total. The van der Waals surface area contributed by atoms with Crippen LogP contribution in [-0.4, -0.2) is 43.1 Å². The number of ether oxygens (including phenoxy) is 1. The van der Waals surface area contributed by atoms with Gasteiger partial charge in [0.2, 0.25) is 5.91 Å². The molecule has 3 heterocycles. The lowest BCUT2D eigenvalue weighted by molar-refractivity contribution is -0.640. The molecule has 3 aliphatic heterocycles. The van der Waals surface area contributed by atoms with E-state index in [0.29, 0.717) is 30.4 Å². The molecule has 2 aromatic carbocycles. The van der Waals surface area contributed by atoms with Gasteiger partial charge in [-0.2, -0.15) is 0 Å². The number of carbonyl (C=O) groups is 1. The number of nitrogens with zero attached hydrogens (tertiary/aromatic N) is 1. The number of halogens is 2. The van der Waals surface area contributed by atoms with E-state index in [1.807, 2.05) is 0 Å². The largest absolute Gasteiger partial charge is 1.00 e. The second kappa shape index (κ2) is 11.0. The summed E-state index contributed by atoms with van der Waals surface area (Å²) in [6.45, 7) is 3.45. The van der Waals surface area contributed by atoms with E-state index in [1.165, 1.54) is 43.2 Å². The minimum atomic E-state index is -0.123. The van der Waals surface area contributed by atoms with E-state index in [4.69, 9.17) is 4.74 Å². The Bertz CT molecular complexity index is 1060. The van der Waals surface area contributed by atoms with Gasteiger partial charge < -0.3 is 27.4 Å². The van der Waals surface area contributed by atoms with Crippen LogP contribution in [0.1, 0.15) is 68.4 Å². The third-order valence-corrected chi connectivity index (χ3v) is 10.2. The van der Waals surface area contributed by atoms with Gasteiger partial charge in [0, 0.05) is 18.2 Å². The van der Waals surface area contributed by atoms with Crippen molar-refractivity contribution >= 4 is 21.8 Å². The number of quaternary nitrogens is 1. The molecule has 6 heteroatoms. The molecule has 1 aliphatic carbocycles. The van der Waals surface area contributed by atoms with Crippen molar-refractivity contribution in [2.75, 3.05) is 26.2 Å². The molecule has 2 aromatic rings. The van der Waals surface area contributed by atoms with E-state index < -0.39 is 0 Å². The normalized spacial score (nSPS) is 30.4. The highest BCUT2D eigenvalue weighted by Gasteiger charge is 2.56. The number of piperidine rings is 1. The Morgan fingerprint density at radius 2 is 1.83 bits per heavy atom. The summed E-state index contributed by atoms with van der Waals surface area (Å²) in [4.78, 5) is 16.9. The van der Waals surface area contributed by atoms with Crippen molar-refractivity contribution in [3.05, 3.63) is 64.1 Å². The van der Waals surface area contributed by atoms with Crippen molar-refractivity contribution < 1.29 is 27.3 Å². The molecule has 0 unspecified atom stereocenters. The SMILES string of the molecule is O=C([C@@H]1C[NH2+]C[C@]12CCOc1c(Br)cccc12)N1CC[C@@H](c2ccccc2)C[C@H]1C1CCCCC1.[Cl-]. The summed E-state index contributed by atoms with van der Waals surface area (Å²) < 4.78 is 7.12. The Balaban J connectivity index is 0.00000267. The van der Waals surface area contributed by atoms with Gasteiger partial charge in [0.25, 0.3) is 0 Å². The van der Waals surface area contributed by atoms with Crippen molar-refractivity contribution in [1.29, 1.82) is 0 Å². The molecule has 4 atom stereocenters. The van der Waals surface area contributed by atoms with Gasteiger partial charge in [0.05, 0.1) is 29.6 Å². The number of amides is 1. The molecule has 1 amide bonds. The van der Waals surface area contributed by atoms with E-state index in [1.54, 1.807) is 0 Å². The maximum Gasteiger partial charge on any atom is 0.232 e. The Kier molecular flexibility index (Phi) is 8.00. The smallest absolute Gasteiger partial charge is 0.232 e. The van der Waals surface area contributed by atoms with E-state index >= 15 is 0 Å². The van der Waals surface area contributed by atoms with Crippen LogP contribution in [-0.2, 0) is 10.2 Å². The van der Waals surface area contributed by atoms with Gasteiger partial charge in [0.1, 0.15) is 11.7 Å². The summed E-state index contributed by atoms with van der Waals surface area (Å²) in [6, 6.07) is 17.8. The molecule has 1 saturated carbocycles. The summed E-state index contributed by atoms with van der Waals surface area (Å²) in [7, 11) is 0. The average molecular weight is 574 g/mol. The number of carbonyl (C=O) groups excluding carboxylic acids is 1. The number of likely N-dealkylation sites (tertiary alicyclic amines) is 1. The number of fused-ring (bicyclic) bond motifs is 2. The molecular weight excluding hydrogens is 536 g/mol. The molecule has 1 spiro atoms. The molecule has 2 saturated heterocycles. The van der Waals surface area contributed by atoms with Gasteiger partial charge in [-0.3, -0.25) is 4.79 Å². The zero-order valence-electron chi connectivity index (χ0n) is 21.0. The average Bonchev–Trinajstić information content (AvgIpc) is 3.33. The maximum atomic E-state index is 14.5. The zero-order valence-corrected chi connectivity index (χ0v) is 23.4. The first-order chi connectivity index (χ1) is 17.2. The van der Waals surface area contributed by atoms with Crippen LogP contribution in [0.2, 0.25) is 0 Å². The maximum absolute atomic E-state index is 14.5. The predicted molar refractivity (Wildman–Crippen MR) is 142 cm³/mol. The molecule has 0 aromatic heterocycles. The third-order valence-electron chi connectivity index (χ3n) is 9.57. The van der Waals surface area contributed by atoms with Crippen LogP contribution in [0.15, 0.2) is 53.0 Å². The first-order valence-electron chi connectivity index (χ1n) is 13.8. The summed E-state index contributed by atoms with van der Waals surface area (Å²) in [5, 5.41) is 2.38. The van der Waals surface area contributed by atoms with Crippen LogP contribution in [0.25, 0.3) is 0 Å². The van der Waals surface area contributed by atoms with Gasteiger partial charge in [-0.25, -0.2) is 0 Å². The Morgan fingerprint density at radius 3 is 2.64 bits per heavy atom. The van der Waals surface area contributed by atoms with Gasteiger partial charge >= 0.3 is 0 Å². The van der Waals surface area contributed by atoms with Crippen molar-refractivity contribution in [3.63, 3.8) is 0 Å². The number of hydrogen-bond acceptors (Lipinski definition) is 2. The molecule has 0 radical (unpaired) electrons. The summed E-state index contributed by atoms with van der Waals surface area (Å²) in [5.41, 5.74) is 2.56. The van der Waals surface area contributed by atoms with Crippen LogP contribution < -0.4 is 22.5 Å². The summed E-state index contributed by atoms with van der Waals surface area (Å²) in [5.74, 6) is 2.61. The highest BCUT2D eigenvalue weighted by Crippen LogP contribution is 2.48. The number of benzene rings is 2. The van der Waals surface area contributed by atoms with E-state index in [-0.39, 0.29) is 23.7 Å². The fourth-order valence-electron chi connectivity index (χ4n) is 7.77. The third kappa shape index (κ3) is 4.61. The second-order valence-electron chi connectivity index (χ2n) is 11.3. The van der Waals surface area contributed by atoms with Crippen molar-refractivity contribution in [3.8, 4) is 5.75 Å². The minimum Gasteiger partial charge on any atom is -1.00 e. The quantitative estimate of drug-likeness (QED) is 0.611. The molecule has 6 rings (SSSR count). The Morgan fingerprint density at radius 1 is 1.03 bits per heavy atom. The summed E-state index contributed by atoms with van der Waals surface area (Å²) in [6.07, 6.45) is 9.67. The molecule has 0 bridgehead atoms. The summed E-state index contributed by atoms with van der Waals surface area (Å²) >= 11 is 3.71. The highest BCUT2D eigenvalue weighted by atomic mass is 79.9. The molecule has 36 heavy (non-hydrogen) atoms. The standard InChI is InChI=1S/C30H37BrN2O2.ClH/c31-26-13-7-12-24-28(26)35-17-15-30(24)20-32-19-25(30)29(34)33-16-14-23(21-8-3-1-4-9-21)18-27(33)22-10-5-2-6-11-22;/h1,3-4,7-9,12-13,22-23,25,27,32H,2,5-6,10-11,14-20H2;1H/t23-,25+,27+,30+;/m1./s1. The fourth-order valence-corrected chi connectivity index (χ4v) is 8.25. The predicted octanol–water partition coefficient (Wildman–Crippen LogP) is 2.02. The molecule has 3 fully saturated rings. The number of hydrogen-bond donors (Lipinski definition) is 1. The lowest BCUT2D eigenvalue weighted by Crippen LogP contribution is -3.00. The van der Waals surface area contributed by atoms with Gasteiger partial charge in [0.15, 0.2) is 0 Å². The fraction of sp³-hybridized carbons (Fsp3) is 0.567. The van der Waals surface area contributed by atoms with E-state index in [9.17, 15) is 4.79 Å². The number of para-hydroxylation sites is 1. The van der Waals surface area contributed by atoms with Crippen LogP contribution >= 0.6 is 15.9 Å². The molecule has 4 aliphatic rings. The number of rotatable bonds is 3. The van der Waals surface area contributed by atoms with Crippen molar-refractivity contribution in [2.24, 2.45) is 11.8 Å². The van der Waals surface area contributed by atoms with Gasteiger partial charge in [-0.15, -0.1) is 0 Å². The van der Waals surface area contributed by atoms with Crippen LogP contribution in [0.4, 0.5) is 0 Å². The van der Waals surface area contributed by atoms with Gasteiger partial charge in [-0.1, -0.05) is 61.7 Å². The molecule has 194 valence electrons. The minimum absolute atomic E-state index is 0. The zero-order chi connectivity index (χ0) is 23.8. The van der Waals surface area contributed by atoms with E-state index in [2.05, 4.69) is 74.7 Å². The first kappa shape index (κ1) is 26.1. The Hall–Kier alpha value is -1.56. The molecule has 2 N–H and O–H groups in total. The van der Waals surface area contributed by atoms with Crippen LogP contribution in [0, 0.1) is 11.8 Å². The lowest BCUT2D eigenvalue weighted by Gasteiger charge is -2.47. The van der Waals surface area contributed by atoms with Crippen molar-refractivity contribution in [2.45, 2.75) is 68.7 Å². The van der Waals surface area contributed by atoms with Crippen LogP contribution in [0.5, 0.6) is 5.75 Å². The monoisotopic (exact) mass is 572 g/mol. The topological polar surface area (TPSA) is 46.1 Å². The first-order valence-corrected chi connectivity index (χ1v) is 14.6. The Labute approximate surface area is 230 Å². The lowest BCUT2D eigenvalue weighted by atomic mass is 9.67. The molecular formula is C30H38BrClN2O2. The highest BCUT2D eigenvalue weighted by molar-refractivity contribution is 9.10. The van der Waals surface area contributed by atoms with Crippen LogP contribution in [0.3, 0.4) is 0 Å². The van der Waals surface area contributed by atoms with Gasteiger partial charge in [-0.05, 0) is 71.5 Å². The van der Waals surface area contributed by atoms with E-state index in [0.717, 1.165) is 49.1 Å². The number of nitrogens with two attached hydrogens (primary N) is 1. The van der Waals surface area contributed by atoms with Crippen molar-refractivity contribution in [1.82, 2.24) is 4.90 Å².